The van der Waals surface area contributed by atoms with Crippen LogP contribution >= 0.6 is 11.6 Å². The second-order valence-corrected chi connectivity index (χ2v) is 4.03. The van der Waals surface area contributed by atoms with Gasteiger partial charge in [-0.15, -0.1) is 10.2 Å². The second-order valence-electron chi connectivity index (χ2n) is 3.64. The SMILES string of the molecule is N#Cc1cccc(-c2nnc3cncc(Cl)n23)c1. The summed E-state index contributed by atoms with van der Waals surface area (Å²) in [6, 6.07) is 9.22. The molecule has 0 aliphatic rings. The summed E-state index contributed by atoms with van der Waals surface area (Å²) in [5, 5.41) is 17.4. The number of nitrogens with zero attached hydrogens (tertiary/aromatic N) is 5. The van der Waals surface area contributed by atoms with Gasteiger partial charge in [0, 0.05) is 5.56 Å². The summed E-state index contributed by atoms with van der Waals surface area (Å²) >= 11 is 6.08. The van der Waals surface area contributed by atoms with Gasteiger partial charge in [0.05, 0.1) is 24.0 Å². The molecule has 0 radical (unpaired) electrons. The average Bonchev–Trinajstić information content (AvgIpc) is 2.84. The van der Waals surface area contributed by atoms with Crippen molar-refractivity contribution in [3.05, 3.63) is 47.4 Å². The molecule has 0 aliphatic heterocycles. The fourth-order valence-electron chi connectivity index (χ4n) is 1.73. The Hall–Kier alpha value is -2.45. The molecule has 0 unspecified atom stereocenters. The minimum atomic E-state index is 0.426. The Balaban J connectivity index is 2.29. The zero-order chi connectivity index (χ0) is 12.5. The van der Waals surface area contributed by atoms with Gasteiger partial charge in [0.15, 0.2) is 11.5 Å². The summed E-state index contributed by atoms with van der Waals surface area (Å²) in [6.45, 7) is 0. The van der Waals surface area contributed by atoms with Crippen LogP contribution in [0.15, 0.2) is 36.7 Å². The van der Waals surface area contributed by atoms with Crippen molar-refractivity contribution in [2.24, 2.45) is 0 Å². The van der Waals surface area contributed by atoms with Crippen LogP contribution in [0.2, 0.25) is 5.15 Å². The van der Waals surface area contributed by atoms with E-state index in [2.05, 4.69) is 21.3 Å². The maximum Gasteiger partial charge on any atom is 0.180 e. The van der Waals surface area contributed by atoms with Gasteiger partial charge in [-0.3, -0.25) is 9.38 Å². The summed E-state index contributed by atoms with van der Waals surface area (Å²) in [4.78, 5) is 3.95. The van der Waals surface area contributed by atoms with Gasteiger partial charge in [0.1, 0.15) is 5.15 Å². The fourth-order valence-corrected chi connectivity index (χ4v) is 1.95. The molecule has 2 heterocycles. The number of benzene rings is 1. The molecular formula is C12H6ClN5. The van der Waals surface area contributed by atoms with Gasteiger partial charge in [0.2, 0.25) is 0 Å². The molecule has 0 fully saturated rings. The van der Waals surface area contributed by atoms with Gasteiger partial charge in [0.25, 0.3) is 0 Å². The molecule has 0 amide bonds. The van der Waals surface area contributed by atoms with Crippen molar-refractivity contribution in [3.63, 3.8) is 0 Å². The Morgan fingerprint density at radius 3 is 2.94 bits per heavy atom. The minimum absolute atomic E-state index is 0.426. The van der Waals surface area contributed by atoms with E-state index in [1.165, 1.54) is 6.20 Å². The lowest BCUT2D eigenvalue weighted by Crippen LogP contribution is -1.92. The predicted octanol–water partition coefficient (Wildman–Crippen LogP) is 2.32. The number of hydrogen-bond acceptors (Lipinski definition) is 4. The third kappa shape index (κ3) is 1.60. The largest absolute Gasteiger partial charge is 0.262 e. The van der Waals surface area contributed by atoms with Crippen LogP contribution in [0.4, 0.5) is 0 Å². The molecule has 6 heteroatoms. The molecule has 1 aromatic carbocycles. The lowest BCUT2D eigenvalue weighted by atomic mass is 10.1. The number of rotatable bonds is 1. The molecular weight excluding hydrogens is 250 g/mol. The first-order valence-electron chi connectivity index (χ1n) is 5.15. The van der Waals surface area contributed by atoms with E-state index in [0.717, 1.165) is 5.56 Å². The van der Waals surface area contributed by atoms with Crippen molar-refractivity contribution >= 4 is 17.2 Å². The van der Waals surface area contributed by atoms with E-state index >= 15 is 0 Å². The first-order valence-corrected chi connectivity index (χ1v) is 5.52. The molecule has 5 nitrogen and oxygen atoms in total. The monoisotopic (exact) mass is 255 g/mol. The third-order valence-corrected chi connectivity index (χ3v) is 2.79. The summed E-state index contributed by atoms with van der Waals surface area (Å²) < 4.78 is 1.69. The molecule has 3 rings (SSSR count). The number of hydrogen-bond donors (Lipinski definition) is 0. The van der Waals surface area contributed by atoms with Gasteiger partial charge in [-0.05, 0) is 12.1 Å². The van der Waals surface area contributed by atoms with Crippen molar-refractivity contribution in [1.82, 2.24) is 19.6 Å². The Labute approximate surface area is 107 Å². The first-order chi connectivity index (χ1) is 8.79. The van der Waals surface area contributed by atoms with Crippen LogP contribution in [0.3, 0.4) is 0 Å². The van der Waals surface area contributed by atoms with E-state index in [1.807, 2.05) is 6.07 Å². The van der Waals surface area contributed by atoms with Gasteiger partial charge in [-0.25, -0.2) is 0 Å². The lowest BCUT2D eigenvalue weighted by molar-refractivity contribution is 1.11. The predicted molar refractivity (Wildman–Crippen MR) is 65.9 cm³/mol. The standard InChI is InChI=1S/C12H6ClN5/c13-10-6-15-7-11-16-17-12(18(10)11)9-3-1-2-8(4-9)5-14/h1-4,6-7H. The van der Waals surface area contributed by atoms with E-state index in [-0.39, 0.29) is 0 Å². The van der Waals surface area contributed by atoms with Crippen molar-refractivity contribution in [1.29, 1.82) is 5.26 Å². The normalized spacial score (nSPS) is 10.4. The van der Waals surface area contributed by atoms with E-state index in [1.54, 1.807) is 28.8 Å². The van der Waals surface area contributed by atoms with Gasteiger partial charge in [-0.1, -0.05) is 23.7 Å². The summed E-state index contributed by atoms with van der Waals surface area (Å²) in [5.74, 6) is 0.592. The molecule has 0 atom stereocenters. The van der Waals surface area contributed by atoms with Crippen LogP contribution in [0.25, 0.3) is 17.0 Å². The molecule has 2 aromatic heterocycles. The van der Waals surface area contributed by atoms with Crippen LogP contribution in [0.1, 0.15) is 5.56 Å². The molecule has 0 saturated heterocycles. The minimum Gasteiger partial charge on any atom is -0.262 e. The number of halogens is 1. The molecule has 0 bridgehead atoms. The quantitative estimate of drug-likeness (QED) is 0.669. The smallest absolute Gasteiger partial charge is 0.180 e. The lowest BCUT2D eigenvalue weighted by Gasteiger charge is -2.01. The zero-order valence-corrected chi connectivity index (χ0v) is 9.83. The molecule has 3 aromatic rings. The Morgan fingerprint density at radius 1 is 1.22 bits per heavy atom. The highest BCUT2D eigenvalue weighted by Gasteiger charge is 2.11. The van der Waals surface area contributed by atoms with E-state index in [4.69, 9.17) is 16.9 Å². The summed E-state index contributed by atoms with van der Waals surface area (Å²) in [7, 11) is 0. The van der Waals surface area contributed by atoms with Gasteiger partial charge in [-0.2, -0.15) is 5.26 Å². The van der Waals surface area contributed by atoms with E-state index in [9.17, 15) is 0 Å². The Kier molecular flexibility index (Phi) is 2.43. The maximum atomic E-state index is 8.90. The van der Waals surface area contributed by atoms with Gasteiger partial charge >= 0.3 is 0 Å². The molecule has 0 aliphatic carbocycles. The highest BCUT2D eigenvalue weighted by atomic mass is 35.5. The summed E-state index contributed by atoms with van der Waals surface area (Å²) in [6.07, 6.45) is 3.10. The number of aromatic nitrogens is 4. The van der Waals surface area contributed by atoms with Crippen molar-refractivity contribution in [2.45, 2.75) is 0 Å². The molecule has 0 saturated carbocycles. The number of nitriles is 1. The van der Waals surface area contributed by atoms with Crippen molar-refractivity contribution in [3.8, 4) is 17.5 Å². The number of fused-ring (bicyclic) bond motifs is 1. The maximum absolute atomic E-state index is 8.90. The molecule has 0 N–H and O–H groups in total. The third-order valence-electron chi connectivity index (χ3n) is 2.52. The summed E-state index contributed by atoms with van der Waals surface area (Å²) in [5.41, 5.74) is 1.92. The van der Waals surface area contributed by atoms with E-state index < -0.39 is 0 Å². The Bertz CT molecular complexity index is 771. The fraction of sp³-hybridized carbons (Fsp3) is 0. The first kappa shape index (κ1) is 10.7. The van der Waals surface area contributed by atoms with Crippen molar-refractivity contribution in [2.75, 3.05) is 0 Å². The van der Waals surface area contributed by atoms with Crippen LogP contribution in [0.5, 0.6) is 0 Å². The van der Waals surface area contributed by atoms with Crippen LogP contribution in [-0.4, -0.2) is 19.6 Å². The second kappa shape index (κ2) is 4.09. The van der Waals surface area contributed by atoms with E-state index in [0.29, 0.717) is 22.2 Å². The molecule has 86 valence electrons. The molecule has 0 spiro atoms. The Morgan fingerprint density at radius 2 is 2.11 bits per heavy atom. The average molecular weight is 256 g/mol. The highest BCUT2D eigenvalue weighted by Crippen LogP contribution is 2.22. The topological polar surface area (TPSA) is 66.9 Å². The van der Waals surface area contributed by atoms with Crippen LogP contribution in [0, 0.1) is 11.3 Å². The highest BCUT2D eigenvalue weighted by molar-refractivity contribution is 6.29. The zero-order valence-electron chi connectivity index (χ0n) is 9.08. The molecule has 18 heavy (non-hydrogen) atoms. The van der Waals surface area contributed by atoms with Gasteiger partial charge < -0.3 is 0 Å². The van der Waals surface area contributed by atoms with Crippen molar-refractivity contribution < 1.29 is 0 Å². The van der Waals surface area contributed by atoms with Crippen LogP contribution < -0.4 is 0 Å². The van der Waals surface area contributed by atoms with Crippen LogP contribution in [-0.2, 0) is 0 Å².